The van der Waals surface area contributed by atoms with Crippen molar-refractivity contribution in [3.05, 3.63) is 53.3 Å². The Balaban J connectivity index is 1.65. The molecule has 1 heterocycles. The van der Waals surface area contributed by atoms with E-state index in [9.17, 15) is 14.7 Å². The molecule has 1 aliphatic rings. The number of benzene rings is 1. The first-order valence-corrected chi connectivity index (χ1v) is 8.23. The van der Waals surface area contributed by atoms with Crippen molar-refractivity contribution in [2.75, 3.05) is 5.32 Å². The van der Waals surface area contributed by atoms with Crippen molar-refractivity contribution < 1.29 is 14.7 Å². The number of carbonyl (C=O) groups excluding carboxylic acids is 1. The van der Waals surface area contributed by atoms with Crippen molar-refractivity contribution in [2.45, 2.75) is 19.4 Å². The monoisotopic (exact) mass is 360 g/mol. The van der Waals surface area contributed by atoms with E-state index in [1.54, 1.807) is 16.8 Å². The average Bonchev–Trinajstić information content (AvgIpc) is 3.01. The van der Waals surface area contributed by atoms with Gasteiger partial charge in [-0.1, -0.05) is 35.9 Å². The molecule has 1 aromatic heterocycles. The first kappa shape index (κ1) is 17.2. The second kappa shape index (κ2) is 7.48. The molecule has 3 rings (SSSR count). The lowest BCUT2D eigenvalue weighted by Crippen LogP contribution is -2.35. The van der Waals surface area contributed by atoms with Crippen molar-refractivity contribution in [2.24, 2.45) is 11.8 Å². The summed E-state index contributed by atoms with van der Waals surface area (Å²) in [6.45, 7) is 0.466. The van der Waals surface area contributed by atoms with Gasteiger partial charge in [0.05, 0.1) is 18.4 Å². The molecule has 25 heavy (non-hydrogen) atoms. The van der Waals surface area contributed by atoms with E-state index in [1.165, 1.54) is 6.33 Å². The SMILES string of the molecule is O=C(O)C1CC=CCC1C(=O)Nc1ncn(Cc2cccc(Cl)c2)n1. The molecule has 0 aliphatic heterocycles. The Kier molecular flexibility index (Phi) is 5.14. The van der Waals surface area contributed by atoms with E-state index in [-0.39, 0.29) is 11.9 Å². The van der Waals surface area contributed by atoms with Crippen molar-refractivity contribution in [3.63, 3.8) is 0 Å². The molecule has 1 amide bonds. The van der Waals surface area contributed by atoms with Crippen LogP contribution in [0.2, 0.25) is 5.02 Å². The van der Waals surface area contributed by atoms with Crippen molar-refractivity contribution >= 4 is 29.4 Å². The molecule has 1 aromatic carbocycles. The van der Waals surface area contributed by atoms with Crippen LogP contribution in [0.3, 0.4) is 0 Å². The van der Waals surface area contributed by atoms with Crippen LogP contribution in [-0.4, -0.2) is 31.7 Å². The molecule has 2 atom stereocenters. The molecule has 0 spiro atoms. The summed E-state index contributed by atoms with van der Waals surface area (Å²) in [6.07, 6.45) is 5.87. The van der Waals surface area contributed by atoms with Crippen LogP contribution in [0.5, 0.6) is 0 Å². The fourth-order valence-corrected chi connectivity index (χ4v) is 3.04. The Morgan fingerprint density at radius 1 is 1.28 bits per heavy atom. The molecule has 0 saturated carbocycles. The minimum absolute atomic E-state index is 0.158. The van der Waals surface area contributed by atoms with E-state index in [2.05, 4.69) is 15.4 Å². The van der Waals surface area contributed by atoms with Gasteiger partial charge in [0, 0.05) is 5.02 Å². The molecule has 0 radical (unpaired) electrons. The Morgan fingerprint density at radius 2 is 2.04 bits per heavy atom. The van der Waals surface area contributed by atoms with Gasteiger partial charge in [-0.25, -0.2) is 9.67 Å². The molecular weight excluding hydrogens is 344 g/mol. The van der Waals surface area contributed by atoms with E-state index in [0.29, 0.717) is 24.4 Å². The van der Waals surface area contributed by atoms with Gasteiger partial charge in [0.25, 0.3) is 0 Å². The summed E-state index contributed by atoms with van der Waals surface area (Å²) in [5.41, 5.74) is 0.957. The first-order valence-electron chi connectivity index (χ1n) is 7.85. The predicted molar refractivity (Wildman–Crippen MR) is 92.2 cm³/mol. The van der Waals surface area contributed by atoms with Crippen LogP contribution in [0.4, 0.5) is 5.95 Å². The fourth-order valence-electron chi connectivity index (χ4n) is 2.83. The molecule has 0 fully saturated rings. The third kappa shape index (κ3) is 4.24. The molecule has 130 valence electrons. The Bertz CT molecular complexity index is 818. The van der Waals surface area contributed by atoms with Gasteiger partial charge in [0.2, 0.25) is 11.9 Å². The minimum Gasteiger partial charge on any atom is -0.481 e. The standard InChI is InChI=1S/C17H17ClN4O3/c18-12-5-3-4-11(8-12)9-22-10-19-17(21-22)20-15(23)13-6-1-2-7-14(13)16(24)25/h1-5,8,10,13-14H,6-7,9H2,(H,24,25)(H,20,21,23). The highest BCUT2D eigenvalue weighted by molar-refractivity contribution is 6.30. The lowest BCUT2D eigenvalue weighted by Gasteiger charge is -2.23. The van der Waals surface area contributed by atoms with Crippen LogP contribution in [0.25, 0.3) is 0 Å². The lowest BCUT2D eigenvalue weighted by atomic mass is 9.82. The number of aromatic nitrogens is 3. The number of amides is 1. The third-order valence-corrected chi connectivity index (χ3v) is 4.33. The maximum Gasteiger partial charge on any atom is 0.307 e. The normalized spacial score (nSPS) is 19.6. The number of carboxylic acid groups (broad SMARTS) is 1. The van der Waals surface area contributed by atoms with Gasteiger partial charge in [0.1, 0.15) is 6.33 Å². The molecular formula is C17H17ClN4O3. The number of carbonyl (C=O) groups is 2. The highest BCUT2D eigenvalue weighted by Crippen LogP contribution is 2.26. The summed E-state index contributed by atoms with van der Waals surface area (Å²) in [5, 5.41) is 16.7. The number of aliphatic carboxylic acids is 1. The Labute approximate surface area is 149 Å². The molecule has 2 N–H and O–H groups in total. The number of nitrogens with zero attached hydrogens (tertiary/aromatic N) is 3. The van der Waals surface area contributed by atoms with E-state index < -0.39 is 17.8 Å². The van der Waals surface area contributed by atoms with Gasteiger partial charge in [-0.05, 0) is 30.5 Å². The van der Waals surface area contributed by atoms with Crippen molar-refractivity contribution in [1.29, 1.82) is 0 Å². The molecule has 2 unspecified atom stereocenters. The van der Waals surface area contributed by atoms with E-state index in [1.807, 2.05) is 24.3 Å². The average molecular weight is 361 g/mol. The summed E-state index contributed by atoms with van der Waals surface area (Å²) in [5.74, 6) is -2.53. The third-order valence-electron chi connectivity index (χ3n) is 4.09. The van der Waals surface area contributed by atoms with E-state index >= 15 is 0 Å². The second-order valence-corrected chi connectivity index (χ2v) is 6.32. The summed E-state index contributed by atoms with van der Waals surface area (Å²) < 4.78 is 1.58. The van der Waals surface area contributed by atoms with Crippen LogP contribution in [0.1, 0.15) is 18.4 Å². The predicted octanol–water partition coefficient (Wildman–Crippen LogP) is 2.59. The highest BCUT2D eigenvalue weighted by atomic mass is 35.5. The molecule has 2 aromatic rings. The van der Waals surface area contributed by atoms with Crippen LogP contribution in [-0.2, 0) is 16.1 Å². The maximum absolute atomic E-state index is 12.4. The molecule has 0 bridgehead atoms. The summed E-state index contributed by atoms with van der Waals surface area (Å²) >= 11 is 5.95. The van der Waals surface area contributed by atoms with Gasteiger partial charge < -0.3 is 5.11 Å². The number of rotatable bonds is 5. The van der Waals surface area contributed by atoms with Gasteiger partial charge >= 0.3 is 5.97 Å². The van der Waals surface area contributed by atoms with Crippen LogP contribution < -0.4 is 5.32 Å². The second-order valence-electron chi connectivity index (χ2n) is 5.88. The summed E-state index contributed by atoms with van der Waals surface area (Å²) in [6, 6.07) is 7.38. The van der Waals surface area contributed by atoms with Gasteiger partial charge in [-0.3, -0.25) is 14.9 Å². The van der Waals surface area contributed by atoms with Crippen LogP contribution >= 0.6 is 11.6 Å². The number of allylic oxidation sites excluding steroid dienone is 2. The quantitative estimate of drug-likeness (QED) is 0.799. The largest absolute Gasteiger partial charge is 0.481 e. The first-order chi connectivity index (χ1) is 12.0. The molecule has 7 nitrogen and oxygen atoms in total. The zero-order valence-corrected chi connectivity index (χ0v) is 14.1. The maximum atomic E-state index is 12.4. The Hall–Kier alpha value is -2.67. The smallest absolute Gasteiger partial charge is 0.307 e. The lowest BCUT2D eigenvalue weighted by molar-refractivity contribution is -0.146. The van der Waals surface area contributed by atoms with Gasteiger partial charge in [0.15, 0.2) is 0 Å². The molecule has 1 aliphatic carbocycles. The van der Waals surface area contributed by atoms with E-state index in [0.717, 1.165) is 5.56 Å². The number of nitrogens with one attached hydrogen (secondary N) is 1. The van der Waals surface area contributed by atoms with Crippen LogP contribution in [0.15, 0.2) is 42.7 Å². The van der Waals surface area contributed by atoms with Crippen molar-refractivity contribution in [1.82, 2.24) is 14.8 Å². The van der Waals surface area contributed by atoms with Gasteiger partial charge in [-0.2, -0.15) is 0 Å². The number of hydrogen-bond donors (Lipinski definition) is 2. The number of carboxylic acids is 1. The number of hydrogen-bond acceptors (Lipinski definition) is 4. The van der Waals surface area contributed by atoms with Crippen molar-refractivity contribution in [3.8, 4) is 0 Å². The number of halogens is 1. The van der Waals surface area contributed by atoms with E-state index in [4.69, 9.17) is 11.6 Å². The molecule has 8 heteroatoms. The number of anilines is 1. The highest BCUT2D eigenvalue weighted by Gasteiger charge is 2.34. The minimum atomic E-state index is -0.969. The summed E-state index contributed by atoms with van der Waals surface area (Å²) in [4.78, 5) is 27.7. The Morgan fingerprint density at radius 3 is 2.76 bits per heavy atom. The van der Waals surface area contributed by atoms with Crippen LogP contribution in [0, 0.1) is 11.8 Å². The fraction of sp³-hybridized carbons (Fsp3) is 0.294. The zero-order valence-electron chi connectivity index (χ0n) is 13.3. The summed E-state index contributed by atoms with van der Waals surface area (Å²) in [7, 11) is 0. The molecule has 0 saturated heterocycles. The zero-order chi connectivity index (χ0) is 17.8. The topological polar surface area (TPSA) is 97.1 Å². The van der Waals surface area contributed by atoms with Gasteiger partial charge in [-0.15, -0.1) is 5.10 Å².